The molecule has 0 atom stereocenters. The van der Waals surface area contributed by atoms with Gasteiger partial charge < -0.3 is 10.1 Å². The van der Waals surface area contributed by atoms with Crippen molar-refractivity contribution in [3.63, 3.8) is 0 Å². The fraction of sp³-hybridized carbons (Fsp3) is 0.318. The smallest absolute Gasteiger partial charge is 0.269 e. The first-order chi connectivity index (χ1) is 13.4. The summed E-state index contributed by atoms with van der Waals surface area (Å²) >= 11 is 0. The highest BCUT2D eigenvalue weighted by Crippen LogP contribution is 2.35. The highest BCUT2D eigenvalue weighted by molar-refractivity contribution is 6.08. The number of fused-ring (bicyclic) bond motifs is 1. The van der Waals surface area contributed by atoms with E-state index < -0.39 is 4.92 Å². The van der Waals surface area contributed by atoms with Gasteiger partial charge in [0.25, 0.3) is 5.69 Å². The quantitative estimate of drug-likeness (QED) is 0.345. The third-order valence-corrected chi connectivity index (χ3v) is 5.53. The summed E-state index contributed by atoms with van der Waals surface area (Å²) in [5.41, 5.74) is 3.15. The molecule has 0 aromatic heterocycles. The summed E-state index contributed by atoms with van der Waals surface area (Å²) in [6.45, 7) is 4.28. The summed E-state index contributed by atoms with van der Waals surface area (Å²) in [5, 5.41) is 14.4. The lowest BCUT2D eigenvalue weighted by Crippen LogP contribution is -2.48. The first-order valence-electron chi connectivity index (χ1n) is 9.37. The average Bonchev–Trinajstić information content (AvgIpc) is 2.73. The lowest BCUT2D eigenvalue weighted by Gasteiger charge is -2.40. The van der Waals surface area contributed by atoms with Crippen molar-refractivity contribution in [2.45, 2.75) is 38.6 Å². The number of benzene rings is 2. The Morgan fingerprint density at radius 1 is 1.21 bits per heavy atom. The summed E-state index contributed by atoms with van der Waals surface area (Å²) in [7, 11) is 1.62. The van der Waals surface area contributed by atoms with Gasteiger partial charge in [-0.05, 0) is 49.1 Å². The SMILES string of the molecule is CCC1(CC)Cc2ccc(OC)cc2C(=CC(=O)c2ccc([N+](=O)[O-])cc2)N1. The van der Waals surface area contributed by atoms with E-state index >= 15 is 0 Å². The number of nitro benzene ring substituents is 1. The van der Waals surface area contributed by atoms with E-state index in [1.165, 1.54) is 29.8 Å². The monoisotopic (exact) mass is 380 g/mol. The van der Waals surface area contributed by atoms with Crippen LogP contribution in [-0.4, -0.2) is 23.4 Å². The fourth-order valence-corrected chi connectivity index (χ4v) is 3.60. The molecule has 0 unspecified atom stereocenters. The Labute approximate surface area is 164 Å². The maximum Gasteiger partial charge on any atom is 0.269 e. The fourth-order valence-electron chi connectivity index (χ4n) is 3.60. The normalized spacial score (nSPS) is 16.2. The second-order valence-electron chi connectivity index (χ2n) is 7.04. The standard InChI is InChI=1S/C22H24N2O4/c1-4-22(5-2)14-16-8-11-18(28-3)12-19(16)20(23-22)13-21(25)15-6-9-17(10-7-15)24(26)27/h6-13,23H,4-5,14H2,1-3H3. The summed E-state index contributed by atoms with van der Waals surface area (Å²) < 4.78 is 5.35. The van der Waals surface area contributed by atoms with Crippen molar-refractivity contribution in [3.05, 3.63) is 75.3 Å². The number of ketones is 1. The van der Waals surface area contributed by atoms with E-state index in [1.807, 2.05) is 12.1 Å². The summed E-state index contributed by atoms with van der Waals surface area (Å²) in [6.07, 6.45) is 4.32. The Bertz CT molecular complexity index is 928. The second-order valence-corrected chi connectivity index (χ2v) is 7.04. The van der Waals surface area contributed by atoms with Crippen molar-refractivity contribution in [3.8, 4) is 5.75 Å². The van der Waals surface area contributed by atoms with Gasteiger partial charge in [-0.3, -0.25) is 14.9 Å². The van der Waals surface area contributed by atoms with Crippen molar-refractivity contribution < 1.29 is 14.5 Å². The number of methoxy groups -OCH3 is 1. The molecule has 146 valence electrons. The number of carbonyl (C=O) groups is 1. The van der Waals surface area contributed by atoms with Crippen LogP contribution in [0.2, 0.25) is 0 Å². The van der Waals surface area contributed by atoms with Crippen LogP contribution < -0.4 is 10.1 Å². The zero-order valence-corrected chi connectivity index (χ0v) is 16.3. The third kappa shape index (κ3) is 3.76. The van der Waals surface area contributed by atoms with E-state index in [-0.39, 0.29) is 17.0 Å². The van der Waals surface area contributed by atoms with E-state index in [4.69, 9.17) is 4.74 Å². The summed E-state index contributed by atoms with van der Waals surface area (Å²) in [4.78, 5) is 23.2. The lowest BCUT2D eigenvalue weighted by molar-refractivity contribution is -0.384. The number of allylic oxidation sites excluding steroid dienone is 1. The van der Waals surface area contributed by atoms with Crippen molar-refractivity contribution >= 4 is 17.2 Å². The molecule has 1 N–H and O–H groups in total. The molecule has 0 amide bonds. The van der Waals surface area contributed by atoms with Crippen molar-refractivity contribution in [1.29, 1.82) is 0 Å². The number of carbonyl (C=O) groups excluding carboxylic acids is 1. The number of hydrogen-bond donors (Lipinski definition) is 1. The lowest BCUT2D eigenvalue weighted by atomic mass is 9.79. The van der Waals surface area contributed by atoms with Gasteiger partial charge >= 0.3 is 0 Å². The largest absolute Gasteiger partial charge is 0.497 e. The number of nitrogens with one attached hydrogen (secondary N) is 1. The molecule has 1 aliphatic heterocycles. The van der Waals surface area contributed by atoms with Crippen molar-refractivity contribution in [1.82, 2.24) is 5.32 Å². The zero-order valence-electron chi connectivity index (χ0n) is 16.3. The third-order valence-electron chi connectivity index (χ3n) is 5.53. The second kappa shape index (κ2) is 7.84. The Balaban J connectivity index is 2.02. The topological polar surface area (TPSA) is 81.5 Å². The zero-order chi connectivity index (χ0) is 20.3. The molecule has 2 aromatic rings. The number of nitro groups is 1. The molecule has 2 aromatic carbocycles. The minimum atomic E-state index is -0.477. The predicted molar refractivity (Wildman–Crippen MR) is 109 cm³/mol. The molecule has 0 spiro atoms. The Kier molecular flexibility index (Phi) is 5.49. The summed E-state index contributed by atoms with van der Waals surface area (Å²) in [6, 6.07) is 11.6. The molecule has 0 aliphatic carbocycles. The van der Waals surface area contributed by atoms with E-state index in [9.17, 15) is 14.9 Å². The van der Waals surface area contributed by atoms with E-state index in [0.29, 0.717) is 5.56 Å². The van der Waals surface area contributed by atoms with Crippen LogP contribution >= 0.6 is 0 Å². The van der Waals surface area contributed by atoms with Crippen LogP contribution in [0.4, 0.5) is 5.69 Å². The van der Waals surface area contributed by atoms with Gasteiger partial charge in [0, 0.05) is 40.6 Å². The molecular weight excluding hydrogens is 356 g/mol. The molecule has 0 bridgehead atoms. The van der Waals surface area contributed by atoms with Gasteiger partial charge in [-0.15, -0.1) is 0 Å². The average molecular weight is 380 g/mol. The molecule has 1 heterocycles. The van der Waals surface area contributed by atoms with Gasteiger partial charge in [-0.1, -0.05) is 19.9 Å². The van der Waals surface area contributed by atoms with E-state index in [2.05, 4.69) is 25.2 Å². The number of nitrogens with zero attached hydrogens (tertiary/aromatic N) is 1. The van der Waals surface area contributed by atoms with Crippen molar-refractivity contribution in [2.75, 3.05) is 7.11 Å². The molecule has 6 nitrogen and oxygen atoms in total. The first kappa shape index (κ1) is 19.6. The number of ether oxygens (including phenoxy) is 1. The maximum absolute atomic E-state index is 12.8. The Morgan fingerprint density at radius 2 is 1.89 bits per heavy atom. The molecule has 0 radical (unpaired) electrons. The van der Waals surface area contributed by atoms with Gasteiger partial charge in [0.2, 0.25) is 0 Å². The van der Waals surface area contributed by atoms with Crippen LogP contribution in [-0.2, 0) is 6.42 Å². The number of hydrogen-bond acceptors (Lipinski definition) is 5. The van der Waals surface area contributed by atoms with Gasteiger partial charge in [-0.2, -0.15) is 0 Å². The highest BCUT2D eigenvalue weighted by atomic mass is 16.6. The molecule has 1 aliphatic rings. The van der Waals surface area contributed by atoms with Gasteiger partial charge in [0.15, 0.2) is 5.78 Å². The molecule has 0 saturated carbocycles. The Hall–Kier alpha value is -3.15. The maximum atomic E-state index is 12.8. The van der Waals surface area contributed by atoms with Crippen LogP contribution in [0.3, 0.4) is 0 Å². The van der Waals surface area contributed by atoms with Crippen LogP contribution in [0.1, 0.15) is 48.2 Å². The molecule has 28 heavy (non-hydrogen) atoms. The van der Waals surface area contributed by atoms with Gasteiger partial charge in [0.1, 0.15) is 5.75 Å². The minimum Gasteiger partial charge on any atom is -0.497 e. The van der Waals surface area contributed by atoms with Crippen molar-refractivity contribution in [2.24, 2.45) is 0 Å². The van der Waals surface area contributed by atoms with Crippen LogP contribution in [0.25, 0.3) is 5.70 Å². The number of rotatable bonds is 6. The first-order valence-corrected chi connectivity index (χ1v) is 9.37. The molecular formula is C22H24N2O4. The van der Waals surface area contributed by atoms with Crippen LogP contribution in [0.5, 0.6) is 5.75 Å². The van der Waals surface area contributed by atoms with Gasteiger partial charge in [-0.25, -0.2) is 0 Å². The molecule has 6 heteroatoms. The summed E-state index contributed by atoms with van der Waals surface area (Å²) in [5.74, 6) is 0.531. The van der Waals surface area contributed by atoms with Crippen LogP contribution in [0.15, 0.2) is 48.5 Å². The molecule has 0 saturated heterocycles. The van der Waals surface area contributed by atoms with Gasteiger partial charge in [0.05, 0.1) is 12.0 Å². The number of non-ortho nitro benzene ring substituents is 1. The molecule has 0 fully saturated rings. The minimum absolute atomic E-state index is 0.0361. The predicted octanol–water partition coefficient (Wildman–Crippen LogP) is 4.53. The highest BCUT2D eigenvalue weighted by Gasteiger charge is 2.33. The Morgan fingerprint density at radius 3 is 2.46 bits per heavy atom. The van der Waals surface area contributed by atoms with Crippen LogP contribution in [0, 0.1) is 10.1 Å². The van der Waals surface area contributed by atoms with E-state index in [1.54, 1.807) is 13.2 Å². The van der Waals surface area contributed by atoms with E-state index in [0.717, 1.165) is 36.3 Å². The molecule has 3 rings (SSSR count).